The van der Waals surface area contributed by atoms with Gasteiger partial charge in [-0.1, -0.05) is 12.1 Å². The molecule has 0 aliphatic rings. The highest BCUT2D eigenvalue weighted by atomic mass is 32.2. The maximum absolute atomic E-state index is 11.4. The lowest BCUT2D eigenvalue weighted by atomic mass is 10.3. The van der Waals surface area contributed by atoms with Crippen molar-refractivity contribution in [3.63, 3.8) is 0 Å². The van der Waals surface area contributed by atoms with Crippen molar-refractivity contribution >= 4 is 15.7 Å². The molecular weight excluding hydrogens is 216 g/mol. The van der Waals surface area contributed by atoms with Crippen LogP contribution in [-0.4, -0.2) is 27.8 Å². The molecule has 0 amide bonds. The zero-order valence-electron chi connectivity index (χ0n) is 8.43. The molecule has 0 atom stereocenters. The number of sulfonamides is 1. The normalized spacial score (nSPS) is 11.1. The standard InChI is InChI=1S/C9H14N2O3S/c1-14-9-5-3-2-4-8(9)11-15(12,13)7-6-10/h2-5,11H,6-7,10H2,1H3. The van der Waals surface area contributed by atoms with Gasteiger partial charge in [0.15, 0.2) is 0 Å². The van der Waals surface area contributed by atoms with E-state index >= 15 is 0 Å². The molecule has 0 saturated carbocycles. The van der Waals surface area contributed by atoms with Gasteiger partial charge in [-0.25, -0.2) is 8.42 Å². The third kappa shape index (κ3) is 3.41. The summed E-state index contributed by atoms with van der Waals surface area (Å²) in [6, 6.07) is 6.80. The number of para-hydroxylation sites is 2. The summed E-state index contributed by atoms with van der Waals surface area (Å²) in [7, 11) is -1.89. The lowest BCUT2D eigenvalue weighted by molar-refractivity contribution is 0.417. The number of nitrogens with one attached hydrogen (secondary N) is 1. The van der Waals surface area contributed by atoms with Crippen molar-refractivity contribution in [2.24, 2.45) is 5.73 Å². The molecule has 6 heteroatoms. The van der Waals surface area contributed by atoms with Gasteiger partial charge in [0.25, 0.3) is 0 Å². The number of anilines is 1. The van der Waals surface area contributed by atoms with Gasteiger partial charge in [-0.2, -0.15) is 0 Å². The third-order valence-electron chi connectivity index (χ3n) is 1.76. The summed E-state index contributed by atoms with van der Waals surface area (Å²) in [6.45, 7) is 0.0878. The summed E-state index contributed by atoms with van der Waals surface area (Å²) in [5.41, 5.74) is 5.61. The van der Waals surface area contributed by atoms with Crippen LogP contribution in [0.4, 0.5) is 5.69 Å². The summed E-state index contributed by atoms with van der Waals surface area (Å²) in [4.78, 5) is 0. The van der Waals surface area contributed by atoms with E-state index in [1.54, 1.807) is 24.3 Å². The second-order valence-electron chi connectivity index (χ2n) is 2.91. The molecular formula is C9H14N2O3S. The highest BCUT2D eigenvalue weighted by Crippen LogP contribution is 2.23. The van der Waals surface area contributed by atoms with Gasteiger partial charge in [-0.3, -0.25) is 4.72 Å². The van der Waals surface area contributed by atoms with Crippen LogP contribution in [0, 0.1) is 0 Å². The van der Waals surface area contributed by atoms with Crippen LogP contribution < -0.4 is 15.2 Å². The Bertz CT molecular complexity index is 417. The van der Waals surface area contributed by atoms with Gasteiger partial charge in [0.2, 0.25) is 10.0 Å². The maximum Gasteiger partial charge on any atom is 0.234 e. The number of hydrogen-bond acceptors (Lipinski definition) is 4. The molecule has 84 valence electrons. The van der Waals surface area contributed by atoms with Gasteiger partial charge in [-0.15, -0.1) is 0 Å². The molecule has 0 bridgehead atoms. The Labute approximate surface area is 89.3 Å². The minimum Gasteiger partial charge on any atom is -0.495 e. The SMILES string of the molecule is COc1ccccc1NS(=O)(=O)CCN. The Morgan fingerprint density at radius 1 is 1.40 bits per heavy atom. The van der Waals surface area contributed by atoms with Crippen LogP contribution in [0.5, 0.6) is 5.75 Å². The molecule has 1 aromatic carbocycles. The van der Waals surface area contributed by atoms with Crippen molar-refractivity contribution in [3.8, 4) is 5.75 Å². The monoisotopic (exact) mass is 230 g/mol. The first-order chi connectivity index (χ1) is 7.09. The molecule has 0 aliphatic carbocycles. The van der Waals surface area contributed by atoms with Crippen molar-refractivity contribution in [3.05, 3.63) is 24.3 Å². The van der Waals surface area contributed by atoms with Crippen molar-refractivity contribution in [1.29, 1.82) is 0 Å². The molecule has 0 fully saturated rings. The topological polar surface area (TPSA) is 81.4 Å². The van der Waals surface area contributed by atoms with E-state index in [9.17, 15) is 8.42 Å². The third-order valence-corrected chi connectivity index (χ3v) is 3.06. The van der Waals surface area contributed by atoms with Crippen molar-refractivity contribution in [1.82, 2.24) is 0 Å². The molecule has 0 aliphatic heterocycles. The largest absolute Gasteiger partial charge is 0.495 e. The van der Waals surface area contributed by atoms with Gasteiger partial charge >= 0.3 is 0 Å². The molecule has 1 rings (SSSR count). The first kappa shape index (κ1) is 11.8. The summed E-state index contributed by atoms with van der Waals surface area (Å²) >= 11 is 0. The molecule has 0 spiro atoms. The van der Waals surface area contributed by atoms with Gasteiger partial charge in [0, 0.05) is 6.54 Å². The molecule has 3 N–H and O–H groups in total. The molecule has 0 aromatic heterocycles. The fourth-order valence-electron chi connectivity index (χ4n) is 1.10. The van der Waals surface area contributed by atoms with E-state index in [1.165, 1.54) is 7.11 Å². The van der Waals surface area contributed by atoms with E-state index < -0.39 is 10.0 Å². The van der Waals surface area contributed by atoms with Crippen LogP contribution in [0.25, 0.3) is 0 Å². The summed E-state index contributed by atoms with van der Waals surface area (Å²) in [6.07, 6.45) is 0. The van der Waals surface area contributed by atoms with E-state index in [0.29, 0.717) is 11.4 Å². The van der Waals surface area contributed by atoms with Gasteiger partial charge in [0.05, 0.1) is 18.6 Å². The lowest BCUT2D eigenvalue weighted by Gasteiger charge is -2.10. The van der Waals surface area contributed by atoms with E-state index in [0.717, 1.165) is 0 Å². The van der Waals surface area contributed by atoms with Crippen molar-refractivity contribution in [2.75, 3.05) is 24.1 Å². The summed E-state index contributed by atoms with van der Waals surface area (Å²) in [5, 5.41) is 0. The van der Waals surface area contributed by atoms with E-state index in [4.69, 9.17) is 10.5 Å². The fourth-order valence-corrected chi connectivity index (χ4v) is 2.02. The molecule has 15 heavy (non-hydrogen) atoms. The lowest BCUT2D eigenvalue weighted by Crippen LogP contribution is -2.22. The molecule has 0 radical (unpaired) electrons. The Kier molecular flexibility index (Phi) is 3.93. The second kappa shape index (κ2) is 4.99. The maximum atomic E-state index is 11.4. The number of benzene rings is 1. The predicted octanol–water partition coefficient (Wildman–Crippen LogP) is 0.396. The summed E-state index contributed by atoms with van der Waals surface area (Å²) in [5.74, 6) is 0.378. The van der Waals surface area contributed by atoms with Crippen LogP contribution in [0.15, 0.2) is 24.3 Å². The van der Waals surface area contributed by atoms with Crippen LogP contribution in [0.3, 0.4) is 0 Å². The van der Waals surface area contributed by atoms with E-state index in [2.05, 4.69) is 4.72 Å². The minimum absolute atomic E-state index is 0.0878. The molecule has 0 saturated heterocycles. The predicted molar refractivity (Wildman–Crippen MR) is 59.5 cm³/mol. The van der Waals surface area contributed by atoms with Crippen molar-refractivity contribution in [2.45, 2.75) is 0 Å². The van der Waals surface area contributed by atoms with E-state index in [-0.39, 0.29) is 12.3 Å². The van der Waals surface area contributed by atoms with Gasteiger partial charge in [0.1, 0.15) is 5.75 Å². The zero-order chi connectivity index (χ0) is 11.3. The number of nitrogens with two attached hydrogens (primary N) is 1. The Hall–Kier alpha value is -1.27. The molecule has 5 nitrogen and oxygen atoms in total. The number of rotatable bonds is 5. The first-order valence-corrected chi connectivity index (χ1v) is 6.08. The average molecular weight is 230 g/mol. The Balaban J connectivity index is 2.89. The molecule has 0 unspecified atom stereocenters. The van der Waals surface area contributed by atoms with Crippen LogP contribution in [0.1, 0.15) is 0 Å². The highest BCUT2D eigenvalue weighted by molar-refractivity contribution is 7.92. The van der Waals surface area contributed by atoms with Crippen LogP contribution >= 0.6 is 0 Å². The fraction of sp³-hybridized carbons (Fsp3) is 0.333. The van der Waals surface area contributed by atoms with Crippen molar-refractivity contribution < 1.29 is 13.2 Å². The molecule has 0 heterocycles. The minimum atomic E-state index is -3.37. The second-order valence-corrected chi connectivity index (χ2v) is 4.75. The molecule has 1 aromatic rings. The zero-order valence-corrected chi connectivity index (χ0v) is 9.25. The van der Waals surface area contributed by atoms with E-state index in [1.807, 2.05) is 0 Å². The number of ether oxygens (including phenoxy) is 1. The Morgan fingerprint density at radius 2 is 2.07 bits per heavy atom. The smallest absolute Gasteiger partial charge is 0.234 e. The number of hydrogen-bond donors (Lipinski definition) is 2. The van der Waals surface area contributed by atoms with Crippen LogP contribution in [-0.2, 0) is 10.0 Å². The quantitative estimate of drug-likeness (QED) is 0.767. The Morgan fingerprint density at radius 3 is 2.67 bits per heavy atom. The van der Waals surface area contributed by atoms with Crippen LogP contribution in [0.2, 0.25) is 0 Å². The van der Waals surface area contributed by atoms with Gasteiger partial charge in [-0.05, 0) is 12.1 Å². The average Bonchev–Trinajstić information content (AvgIpc) is 2.17. The highest BCUT2D eigenvalue weighted by Gasteiger charge is 2.11. The number of methoxy groups -OCH3 is 1. The summed E-state index contributed by atoms with van der Waals surface area (Å²) < 4.78 is 30.3. The van der Waals surface area contributed by atoms with Gasteiger partial charge < -0.3 is 10.5 Å². The first-order valence-electron chi connectivity index (χ1n) is 4.42.